The molecular formula is C22H22N4O2. The monoisotopic (exact) mass is 374 g/mol. The van der Waals surface area contributed by atoms with E-state index < -0.39 is 0 Å². The Kier molecular flexibility index (Phi) is 4.93. The van der Waals surface area contributed by atoms with Gasteiger partial charge in [-0.3, -0.25) is 9.59 Å². The Balaban J connectivity index is 1.50. The number of aryl methyl sites for hydroxylation is 1. The van der Waals surface area contributed by atoms with Crippen molar-refractivity contribution in [2.75, 3.05) is 11.4 Å². The van der Waals surface area contributed by atoms with Crippen molar-refractivity contribution in [3.05, 3.63) is 77.9 Å². The minimum atomic E-state index is -0.161. The van der Waals surface area contributed by atoms with Gasteiger partial charge in [0.1, 0.15) is 5.82 Å². The number of amides is 2. The third kappa shape index (κ3) is 3.53. The molecule has 0 spiro atoms. The zero-order chi connectivity index (χ0) is 19.5. The maximum Gasteiger partial charge on any atom is 0.251 e. The van der Waals surface area contributed by atoms with E-state index in [1.165, 1.54) is 0 Å². The molecule has 6 nitrogen and oxygen atoms in total. The van der Waals surface area contributed by atoms with Crippen LogP contribution < -0.4 is 10.2 Å². The summed E-state index contributed by atoms with van der Waals surface area (Å²) in [5, 5.41) is 2.99. The van der Waals surface area contributed by atoms with E-state index in [0.717, 1.165) is 29.2 Å². The van der Waals surface area contributed by atoms with Crippen LogP contribution in [0.15, 0.2) is 60.9 Å². The summed E-state index contributed by atoms with van der Waals surface area (Å²) in [4.78, 5) is 30.7. The van der Waals surface area contributed by atoms with Gasteiger partial charge in [0.05, 0.1) is 5.69 Å². The van der Waals surface area contributed by atoms with Gasteiger partial charge in [0.15, 0.2) is 0 Å². The van der Waals surface area contributed by atoms with E-state index in [0.29, 0.717) is 25.1 Å². The molecule has 4 rings (SSSR count). The van der Waals surface area contributed by atoms with Gasteiger partial charge in [-0.15, -0.1) is 0 Å². The first-order chi connectivity index (χ1) is 13.6. The van der Waals surface area contributed by atoms with Crippen LogP contribution in [-0.4, -0.2) is 27.9 Å². The molecule has 1 N–H and O–H groups in total. The average molecular weight is 374 g/mol. The standard InChI is InChI=1S/C22H22N4O2/c1-16-23-11-13-25(16)20-9-3-2-6-18(20)15-24-22(28)17-7-4-8-19(14-17)26-12-5-10-21(26)27/h2-4,6-9,11,13-14H,5,10,12,15H2,1H3,(H,24,28). The molecular weight excluding hydrogens is 352 g/mol. The Morgan fingerprint density at radius 3 is 2.79 bits per heavy atom. The minimum absolute atomic E-state index is 0.113. The van der Waals surface area contributed by atoms with Crippen molar-refractivity contribution in [3.63, 3.8) is 0 Å². The first-order valence-corrected chi connectivity index (χ1v) is 9.40. The van der Waals surface area contributed by atoms with Crippen LogP contribution >= 0.6 is 0 Å². The number of carbonyl (C=O) groups is 2. The van der Waals surface area contributed by atoms with Gasteiger partial charge in [-0.25, -0.2) is 4.98 Å². The topological polar surface area (TPSA) is 67.2 Å². The van der Waals surface area contributed by atoms with Crippen LogP contribution in [0.2, 0.25) is 0 Å². The lowest BCUT2D eigenvalue weighted by Crippen LogP contribution is -2.26. The summed E-state index contributed by atoms with van der Waals surface area (Å²) >= 11 is 0. The van der Waals surface area contributed by atoms with Gasteiger partial charge in [0.25, 0.3) is 5.91 Å². The average Bonchev–Trinajstić information content (AvgIpc) is 3.34. The number of nitrogens with one attached hydrogen (secondary N) is 1. The van der Waals surface area contributed by atoms with Crippen molar-refractivity contribution in [2.45, 2.75) is 26.3 Å². The van der Waals surface area contributed by atoms with E-state index in [9.17, 15) is 9.59 Å². The minimum Gasteiger partial charge on any atom is -0.348 e. The number of hydrogen-bond donors (Lipinski definition) is 1. The normalized spacial score (nSPS) is 13.8. The Bertz CT molecular complexity index is 1020. The summed E-state index contributed by atoms with van der Waals surface area (Å²) in [7, 11) is 0. The van der Waals surface area contributed by atoms with E-state index in [1.807, 2.05) is 54.1 Å². The highest BCUT2D eigenvalue weighted by molar-refractivity contribution is 5.99. The molecule has 2 heterocycles. The van der Waals surface area contributed by atoms with E-state index in [2.05, 4.69) is 10.3 Å². The molecule has 3 aromatic rings. The van der Waals surface area contributed by atoms with Crippen LogP contribution in [0.4, 0.5) is 5.69 Å². The van der Waals surface area contributed by atoms with Crippen molar-refractivity contribution in [1.82, 2.24) is 14.9 Å². The van der Waals surface area contributed by atoms with Gasteiger partial charge >= 0.3 is 0 Å². The number of rotatable bonds is 5. The second-order valence-corrected chi connectivity index (χ2v) is 6.86. The van der Waals surface area contributed by atoms with Gasteiger partial charge in [-0.05, 0) is 43.2 Å². The van der Waals surface area contributed by atoms with E-state index in [-0.39, 0.29) is 11.8 Å². The molecule has 0 unspecified atom stereocenters. The number of para-hydroxylation sites is 1. The summed E-state index contributed by atoms with van der Waals surface area (Å²) in [6.07, 6.45) is 5.10. The molecule has 2 aromatic carbocycles. The second kappa shape index (κ2) is 7.68. The molecule has 1 saturated heterocycles. The van der Waals surface area contributed by atoms with Gasteiger partial charge in [-0.2, -0.15) is 0 Å². The van der Waals surface area contributed by atoms with Crippen molar-refractivity contribution >= 4 is 17.5 Å². The second-order valence-electron chi connectivity index (χ2n) is 6.86. The Labute approximate surface area is 163 Å². The van der Waals surface area contributed by atoms with Gasteiger partial charge < -0.3 is 14.8 Å². The molecule has 0 bridgehead atoms. The maximum absolute atomic E-state index is 12.7. The fraction of sp³-hybridized carbons (Fsp3) is 0.227. The molecule has 1 aliphatic heterocycles. The summed E-state index contributed by atoms with van der Waals surface area (Å²) in [6, 6.07) is 15.2. The van der Waals surface area contributed by atoms with Crippen molar-refractivity contribution in [3.8, 4) is 5.69 Å². The predicted octanol–water partition coefficient (Wildman–Crippen LogP) is 3.24. The van der Waals surface area contributed by atoms with Crippen molar-refractivity contribution < 1.29 is 9.59 Å². The van der Waals surface area contributed by atoms with Crippen LogP contribution in [0.25, 0.3) is 5.69 Å². The first kappa shape index (κ1) is 18.0. The summed E-state index contributed by atoms with van der Waals surface area (Å²) in [6.45, 7) is 3.06. The highest BCUT2D eigenvalue weighted by atomic mass is 16.2. The number of imidazole rings is 1. The summed E-state index contributed by atoms with van der Waals surface area (Å²) in [5.74, 6) is 0.842. The third-order valence-corrected chi connectivity index (χ3v) is 5.01. The lowest BCUT2D eigenvalue weighted by atomic mass is 10.1. The smallest absolute Gasteiger partial charge is 0.251 e. The van der Waals surface area contributed by atoms with Crippen molar-refractivity contribution in [2.24, 2.45) is 0 Å². The van der Waals surface area contributed by atoms with Gasteiger partial charge in [0.2, 0.25) is 5.91 Å². The highest BCUT2D eigenvalue weighted by Gasteiger charge is 2.22. The number of benzene rings is 2. The third-order valence-electron chi connectivity index (χ3n) is 5.01. The van der Waals surface area contributed by atoms with Crippen molar-refractivity contribution in [1.29, 1.82) is 0 Å². The van der Waals surface area contributed by atoms with E-state index in [4.69, 9.17) is 0 Å². The fourth-order valence-corrected chi connectivity index (χ4v) is 3.54. The Morgan fingerprint density at radius 1 is 1.18 bits per heavy atom. The van der Waals surface area contributed by atoms with E-state index in [1.54, 1.807) is 23.2 Å². The molecule has 2 amide bonds. The SMILES string of the molecule is Cc1nccn1-c1ccccc1CNC(=O)c1cccc(N2CCCC2=O)c1. The Hall–Kier alpha value is -3.41. The van der Waals surface area contributed by atoms with Crippen LogP contribution in [0.1, 0.15) is 34.6 Å². The van der Waals surface area contributed by atoms with Crippen LogP contribution in [0.5, 0.6) is 0 Å². The largest absolute Gasteiger partial charge is 0.348 e. The van der Waals surface area contributed by atoms with Crippen LogP contribution in [0, 0.1) is 6.92 Å². The summed E-state index contributed by atoms with van der Waals surface area (Å²) in [5.41, 5.74) is 3.33. The first-order valence-electron chi connectivity index (χ1n) is 9.40. The summed E-state index contributed by atoms with van der Waals surface area (Å²) < 4.78 is 2.00. The van der Waals surface area contributed by atoms with Gasteiger partial charge in [0, 0.05) is 43.2 Å². The molecule has 0 radical (unpaired) electrons. The zero-order valence-corrected chi connectivity index (χ0v) is 15.8. The number of nitrogens with zero attached hydrogens (tertiary/aromatic N) is 3. The maximum atomic E-state index is 12.7. The molecule has 1 aromatic heterocycles. The molecule has 0 saturated carbocycles. The molecule has 0 aliphatic carbocycles. The Morgan fingerprint density at radius 2 is 2.04 bits per heavy atom. The molecule has 142 valence electrons. The quantitative estimate of drug-likeness (QED) is 0.746. The molecule has 0 atom stereocenters. The number of anilines is 1. The lowest BCUT2D eigenvalue weighted by Gasteiger charge is -2.17. The van der Waals surface area contributed by atoms with E-state index >= 15 is 0 Å². The van der Waals surface area contributed by atoms with Crippen LogP contribution in [0.3, 0.4) is 0 Å². The number of carbonyl (C=O) groups excluding carboxylic acids is 2. The molecule has 6 heteroatoms. The molecule has 1 fully saturated rings. The molecule has 1 aliphatic rings. The highest BCUT2D eigenvalue weighted by Crippen LogP contribution is 2.22. The predicted molar refractivity (Wildman–Crippen MR) is 108 cm³/mol. The molecule has 28 heavy (non-hydrogen) atoms. The van der Waals surface area contributed by atoms with Gasteiger partial charge in [-0.1, -0.05) is 24.3 Å². The fourth-order valence-electron chi connectivity index (χ4n) is 3.54. The number of aromatic nitrogens is 2. The zero-order valence-electron chi connectivity index (χ0n) is 15.8. The lowest BCUT2D eigenvalue weighted by molar-refractivity contribution is -0.117. The number of hydrogen-bond acceptors (Lipinski definition) is 3. The van der Waals surface area contributed by atoms with Crippen LogP contribution in [-0.2, 0) is 11.3 Å².